The van der Waals surface area contributed by atoms with E-state index in [4.69, 9.17) is 4.74 Å². The minimum absolute atomic E-state index is 0.149. The van der Waals surface area contributed by atoms with E-state index in [-0.39, 0.29) is 25.0 Å². The number of amides is 2. The van der Waals surface area contributed by atoms with Gasteiger partial charge in [-0.15, -0.1) is 6.58 Å². The maximum absolute atomic E-state index is 14.1. The Balaban J connectivity index is 1.80. The molecule has 8 nitrogen and oxygen atoms in total. The van der Waals surface area contributed by atoms with E-state index in [0.717, 1.165) is 5.56 Å². The summed E-state index contributed by atoms with van der Waals surface area (Å²) in [7, 11) is 0. The molecule has 3 heterocycles. The molecule has 2 N–H and O–H groups in total. The van der Waals surface area contributed by atoms with Gasteiger partial charge in [0.2, 0.25) is 11.8 Å². The topological polar surface area (TPSA) is 107 Å². The summed E-state index contributed by atoms with van der Waals surface area (Å²) < 4.78 is 6.47. The second kappa shape index (κ2) is 8.25. The fourth-order valence-corrected chi connectivity index (χ4v) is 6.26. The summed E-state index contributed by atoms with van der Waals surface area (Å²) in [5.41, 5.74) is -1.36. The van der Waals surface area contributed by atoms with Crippen LogP contribution in [0.3, 0.4) is 0 Å². The molecule has 0 aromatic heterocycles. The van der Waals surface area contributed by atoms with Crippen molar-refractivity contribution in [2.75, 3.05) is 13.2 Å². The number of carbonyl (C=O) groups excluding carboxylic acids is 2. The lowest BCUT2D eigenvalue weighted by molar-refractivity contribution is -0.160. The first kappa shape index (κ1) is 23.4. The average Bonchev–Trinajstić information content (AvgIpc) is 3.30. The van der Waals surface area contributed by atoms with Gasteiger partial charge in [0.25, 0.3) is 0 Å². The number of rotatable bonds is 8. The molecule has 178 valence electrons. The Hall–Kier alpha value is -2.71. The molecule has 0 radical (unpaired) electrons. The number of ether oxygens (including phenoxy) is 1. The average molecular weight is 457 g/mol. The number of carbonyl (C=O) groups is 3. The molecule has 3 fully saturated rings. The number of carboxylic acids is 1. The van der Waals surface area contributed by atoms with Crippen LogP contribution in [0.25, 0.3) is 0 Å². The lowest BCUT2D eigenvalue weighted by Gasteiger charge is -2.38. The lowest BCUT2D eigenvalue weighted by atomic mass is 9.62. The highest BCUT2D eigenvalue weighted by atomic mass is 16.5. The number of carboxylic acid groups (broad SMARTS) is 1. The molecule has 2 amide bonds. The summed E-state index contributed by atoms with van der Waals surface area (Å²) >= 11 is 0. The first-order chi connectivity index (χ1) is 15.6. The first-order valence-corrected chi connectivity index (χ1v) is 11.4. The number of fused-ring (bicyclic) bond motifs is 1. The van der Waals surface area contributed by atoms with Gasteiger partial charge in [0.15, 0.2) is 0 Å². The van der Waals surface area contributed by atoms with E-state index in [0.29, 0.717) is 13.0 Å². The van der Waals surface area contributed by atoms with Gasteiger partial charge in [-0.25, -0.2) is 0 Å². The van der Waals surface area contributed by atoms with E-state index in [1.54, 1.807) is 24.8 Å². The highest BCUT2D eigenvalue weighted by Gasteiger charge is 2.80. The van der Waals surface area contributed by atoms with Crippen LogP contribution in [0.1, 0.15) is 32.8 Å². The van der Waals surface area contributed by atoms with Crippen LogP contribution in [0, 0.1) is 17.8 Å². The number of aliphatic hydroxyl groups excluding tert-OH is 1. The number of aliphatic carboxylic acids is 1. The number of nitrogens with zero attached hydrogens (tertiary/aromatic N) is 2. The quantitative estimate of drug-likeness (QED) is 0.577. The van der Waals surface area contributed by atoms with Crippen LogP contribution in [0.5, 0.6) is 0 Å². The van der Waals surface area contributed by atoms with Crippen LogP contribution in [0.15, 0.2) is 43.0 Å². The number of benzene rings is 1. The van der Waals surface area contributed by atoms with Gasteiger partial charge in [0.1, 0.15) is 17.6 Å². The standard InChI is InChI=1S/C25H32N2O6/c1-5-11-26(13-17-9-7-6-8-10-17)22(30)20-25-12-15(2)24(4,33-25)19(23(31)32)18(25)21(29)27(20)16(3)14-28/h5-10,15-16,18-20,28H,1,11-14H2,2-4H3,(H,31,32)/t15?,16-,18+,19+,20?,24-,25?/m1/s1. The lowest BCUT2D eigenvalue weighted by Crippen LogP contribution is -2.58. The van der Waals surface area contributed by atoms with Gasteiger partial charge in [-0.05, 0) is 31.7 Å². The number of hydrogen-bond acceptors (Lipinski definition) is 5. The Morgan fingerprint density at radius 2 is 2.03 bits per heavy atom. The van der Waals surface area contributed by atoms with Crippen molar-refractivity contribution in [3.05, 3.63) is 48.6 Å². The van der Waals surface area contributed by atoms with Gasteiger partial charge >= 0.3 is 5.97 Å². The molecular formula is C25H32N2O6. The zero-order chi connectivity index (χ0) is 24.1. The zero-order valence-corrected chi connectivity index (χ0v) is 19.3. The van der Waals surface area contributed by atoms with Crippen molar-refractivity contribution in [1.82, 2.24) is 9.80 Å². The summed E-state index contributed by atoms with van der Waals surface area (Å²) in [6, 6.07) is 7.83. The van der Waals surface area contributed by atoms with Crippen LogP contribution in [-0.4, -0.2) is 74.2 Å². The monoisotopic (exact) mass is 456 g/mol. The van der Waals surface area contributed by atoms with Crippen molar-refractivity contribution in [3.8, 4) is 0 Å². The molecule has 3 unspecified atom stereocenters. The smallest absolute Gasteiger partial charge is 0.310 e. The molecule has 3 saturated heterocycles. The van der Waals surface area contributed by atoms with E-state index >= 15 is 0 Å². The van der Waals surface area contributed by atoms with Crippen molar-refractivity contribution >= 4 is 17.8 Å². The van der Waals surface area contributed by atoms with Gasteiger partial charge in [0, 0.05) is 13.1 Å². The molecule has 4 rings (SSSR count). The molecule has 1 aromatic rings. The van der Waals surface area contributed by atoms with Crippen molar-refractivity contribution in [3.63, 3.8) is 0 Å². The Kier molecular flexibility index (Phi) is 5.87. The van der Waals surface area contributed by atoms with Crippen LogP contribution in [0.4, 0.5) is 0 Å². The third-order valence-corrected chi connectivity index (χ3v) is 7.87. The molecule has 8 heteroatoms. The van der Waals surface area contributed by atoms with Gasteiger partial charge in [0.05, 0.1) is 24.2 Å². The van der Waals surface area contributed by atoms with Gasteiger partial charge in [-0.3, -0.25) is 14.4 Å². The zero-order valence-electron chi connectivity index (χ0n) is 19.3. The normalized spacial score (nSPS) is 35.4. The van der Waals surface area contributed by atoms with Crippen LogP contribution < -0.4 is 0 Å². The highest BCUT2D eigenvalue weighted by Crippen LogP contribution is 2.65. The summed E-state index contributed by atoms with van der Waals surface area (Å²) in [4.78, 5) is 43.1. The predicted octanol–water partition coefficient (Wildman–Crippen LogP) is 1.68. The van der Waals surface area contributed by atoms with Gasteiger partial charge in [-0.1, -0.05) is 43.3 Å². The van der Waals surface area contributed by atoms with Crippen LogP contribution >= 0.6 is 0 Å². The molecule has 0 saturated carbocycles. The maximum atomic E-state index is 14.1. The third-order valence-electron chi connectivity index (χ3n) is 7.87. The first-order valence-electron chi connectivity index (χ1n) is 11.4. The van der Waals surface area contributed by atoms with Crippen molar-refractivity contribution < 1.29 is 29.3 Å². The van der Waals surface area contributed by atoms with Crippen molar-refractivity contribution in [1.29, 1.82) is 0 Å². The van der Waals surface area contributed by atoms with Gasteiger partial charge < -0.3 is 24.7 Å². The number of hydrogen-bond donors (Lipinski definition) is 2. The number of aliphatic hydroxyl groups is 1. The second-order valence-electron chi connectivity index (χ2n) is 9.81. The van der Waals surface area contributed by atoms with E-state index in [2.05, 4.69) is 6.58 Å². The molecule has 1 aromatic carbocycles. The molecule has 2 bridgehead atoms. The number of likely N-dealkylation sites (tertiary alicyclic amines) is 1. The molecule has 3 aliphatic heterocycles. The second-order valence-corrected chi connectivity index (χ2v) is 9.81. The van der Waals surface area contributed by atoms with Gasteiger partial charge in [-0.2, -0.15) is 0 Å². The maximum Gasteiger partial charge on any atom is 0.310 e. The molecule has 7 atom stereocenters. The SMILES string of the molecule is C=CCN(Cc1ccccc1)C(=O)C1N([C@H](C)CO)C(=O)[C@@H]2[C@@H](C(=O)O)[C@]3(C)OC12CC3C. The van der Waals surface area contributed by atoms with Crippen molar-refractivity contribution in [2.24, 2.45) is 17.8 Å². The van der Waals surface area contributed by atoms with E-state index in [1.807, 2.05) is 37.3 Å². The molecule has 3 aliphatic rings. The minimum Gasteiger partial charge on any atom is -0.481 e. The highest BCUT2D eigenvalue weighted by molar-refractivity contribution is 5.98. The van der Waals surface area contributed by atoms with Crippen LogP contribution in [-0.2, 0) is 25.7 Å². The molecular weight excluding hydrogens is 424 g/mol. The van der Waals surface area contributed by atoms with E-state index < -0.39 is 47.0 Å². The Labute approximate surface area is 193 Å². The fourth-order valence-electron chi connectivity index (χ4n) is 6.26. The predicted molar refractivity (Wildman–Crippen MR) is 120 cm³/mol. The third kappa shape index (κ3) is 3.30. The summed E-state index contributed by atoms with van der Waals surface area (Å²) in [5.74, 6) is -4.03. The molecule has 33 heavy (non-hydrogen) atoms. The van der Waals surface area contributed by atoms with E-state index in [9.17, 15) is 24.6 Å². The minimum atomic E-state index is -1.25. The molecule has 1 spiro atoms. The fraction of sp³-hybridized carbons (Fsp3) is 0.560. The van der Waals surface area contributed by atoms with E-state index in [1.165, 1.54) is 4.90 Å². The molecule has 0 aliphatic carbocycles. The summed E-state index contributed by atoms with van der Waals surface area (Å²) in [6.45, 7) is 9.33. The van der Waals surface area contributed by atoms with Crippen LogP contribution in [0.2, 0.25) is 0 Å². The largest absolute Gasteiger partial charge is 0.481 e. The van der Waals surface area contributed by atoms with Crippen molar-refractivity contribution in [2.45, 2.75) is 57.0 Å². The summed E-state index contributed by atoms with van der Waals surface area (Å²) in [6.07, 6.45) is 2.03. The Morgan fingerprint density at radius 3 is 2.61 bits per heavy atom. The Bertz CT molecular complexity index is 967. The summed E-state index contributed by atoms with van der Waals surface area (Å²) in [5, 5.41) is 20.0. The Morgan fingerprint density at radius 1 is 1.36 bits per heavy atom.